The Bertz CT molecular complexity index is 1060. The number of carbonyl (C=O) groups is 1. The van der Waals surface area contributed by atoms with Crippen LogP contribution in [0.3, 0.4) is 0 Å². The fourth-order valence-electron chi connectivity index (χ4n) is 3.54. The molecule has 1 aliphatic rings. The molecule has 0 aliphatic carbocycles. The Morgan fingerprint density at radius 3 is 2.57 bits per heavy atom. The van der Waals surface area contributed by atoms with Gasteiger partial charge in [-0.1, -0.05) is 13.8 Å². The van der Waals surface area contributed by atoms with E-state index in [9.17, 15) is 18.0 Å². The zero-order valence-electron chi connectivity index (χ0n) is 17.3. The summed E-state index contributed by atoms with van der Waals surface area (Å²) in [6, 6.07) is 5.64. The highest BCUT2D eigenvalue weighted by Gasteiger charge is 2.23. The second-order valence-corrected chi connectivity index (χ2v) is 8.99. The van der Waals surface area contributed by atoms with Crippen molar-refractivity contribution in [1.82, 2.24) is 19.5 Å². The molecule has 164 valence electrons. The van der Waals surface area contributed by atoms with E-state index < -0.39 is 21.5 Å². The standard InChI is InChI=1S/C20H28N4O5S/c1-3-24(4-2)30(27,28)15-5-6-18-16(13-15)17(14-19(25)22-18)20(26)21-7-8-23-9-11-29-12-10-23/h5-6,13-14H,3-4,7-12H2,1-2H3,(H,21,26)(H,22,25). The number of nitrogens with zero attached hydrogens (tertiary/aromatic N) is 2. The number of nitrogens with one attached hydrogen (secondary N) is 2. The molecule has 2 heterocycles. The summed E-state index contributed by atoms with van der Waals surface area (Å²) in [5, 5.41) is 3.23. The average Bonchev–Trinajstić information content (AvgIpc) is 2.74. The summed E-state index contributed by atoms with van der Waals surface area (Å²) in [5.41, 5.74) is 0.159. The Morgan fingerprint density at radius 2 is 1.90 bits per heavy atom. The molecule has 1 amide bonds. The van der Waals surface area contributed by atoms with Crippen molar-refractivity contribution in [1.29, 1.82) is 0 Å². The van der Waals surface area contributed by atoms with Gasteiger partial charge in [-0.25, -0.2) is 8.42 Å². The third-order valence-corrected chi connectivity index (χ3v) is 7.27. The molecule has 0 saturated carbocycles. The van der Waals surface area contributed by atoms with E-state index in [1.54, 1.807) is 13.8 Å². The van der Waals surface area contributed by atoms with Crippen molar-refractivity contribution in [2.24, 2.45) is 0 Å². The molecule has 1 aromatic carbocycles. The van der Waals surface area contributed by atoms with E-state index in [1.807, 2.05) is 0 Å². The normalized spacial score (nSPS) is 15.6. The van der Waals surface area contributed by atoms with Crippen molar-refractivity contribution in [3.8, 4) is 0 Å². The van der Waals surface area contributed by atoms with Gasteiger partial charge in [0.1, 0.15) is 0 Å². The Labute approximate surface area is 176 Å². The number of aromatic nitrogens is 1. The molecule has 0 spiro atoms. The average molecular weight is 437 g/mol. The summed E-state index contributed by atoms with van der Waals surface area (Å²) in [4.78, 5) is 29.8. The Balaban J connectivity index is 1.87. The minimum Gasteiger partial charge on any atom is -0.379 e. The van der Waals surface area contributed by atoms with Crippen molar-refractivity contribution >= 4 is 26.8 Å². The van der Waals surface area contributed by atoms with E-state index in [0.29, 0.717) is 50.3 Å². The second kappa shape index (κ2) is 9.69. The van der Waals surface area contributed by atoms with Gasteiger partial charge < -0.3 is 15.0 Å². The number of amides is 1. The molecule has 1 fully saturated rings. The number of H-pyrrole nitrogens is 1. The van der Waals surface area contributed by atoms with Crippen LogP contribution < -0.4 is 10.9 Å². The molecule has 0 bridgehead atoms. The fraction of sp³-hybridized carbons (Fsp3) is 0.500. The van der Waals surface area contributed by atoms with E-state index in [0.717, 1.165) is 13.1 Å². The van der Waals surface area contributed by atoms with Crippen molar-refractivity contribution < 1.29 is 17.9 Å². The molecule has 10 heteroatoms. The molecule has 2 aromatic rings. The maximum atomic E-state index is 12.9. The van der Waals surface area contributed by atoms with Gasteiger partial charge in [-0.15, -0.1) is 0 Å². The molecular weight excluding hydrogens is 408 g/mol. The lowest BCUT2D eigenvalue weighted by atomic mass is 10.1. The highest BCUT2D eigenvalue weighted by molar-refractivity contribution is 7.89. The van der Waals surface area contributed by atoms with Gasteiger partial charge in [0.2, 0.25) is 15.6 Å². The summed E-state index contributed by atoms with van der Waals surface area (Å²) in [6.07, 6.45) is 0. The molecular formula is C20H28N4O5S. The number of carbonyl (C=O) groups excluding carboxylic acids is 1. The van der Waals surface area contributed by atoms with Crippen molar-refractivity contribution in [2.75, 3.05) is 52.5 Å². The van der Waals surface area contributed by atoms with Crippen molar-refractivity contribution in [3.05, 3.63) is 40.2 Å². The van der Waals surface area contributed by atoms with Crippen LogP contribution in [0, 0.1) is 0 Å². The Kier molecular flexibility index (Phi) is 7.24. The van der Waals surface area contributed by atoms with Gasteiger partial charge in [0.15, 0.2) is 0 Å². The number of morpholine rings is 1. The number of ether oxygens (including phenoxy) is 1. The molecule has 0 unspecified atom stereocenters. The summed E-state index contributed by atoms with van der Waals surface area (Å²) < 4.78 is 32.4. The molecule has 1 aromatic heterocycles. The van der Waals surface area contributed by atoms with Crippen LogP contribution in [0.2, 0.25) is 0 Å². The van der Waals surface area contributed by atoms with Gasteiger partial charge in [-0.3, -0.25) is 14.5 Å². The number of hydrogen-bond donors (Lipinski definition) is 2. The summed E-state index contributed by atoms with van der Waals surface area (Å²) in [6.45, 7) is 8.32. The Hall–Kier alpha value is -2.27. The van der Waals surface area contributed by atoms with Crippen molar-refractivity contribution in [2.45, 2.75) is 18.7 Å². The van der Waals surface area contributed by atoms with Crippen LogP contribution in [0.1, 0.15) is 24.2 Å². The van der Waals surface area contributed by atoms with Crippen LogP contribution in [0.5, 0.6) is 0 Å². The van der Waals surface area contributed by atoms with Gasteiger partial charge in [-0.05, 0) is 18.2 Å². The van der Waals surface area contributed by atoms with E-state index in [1.165, 1.54) is 28.6 Å². The minimum absolute atomic E-state index is 0.0908. The van der Waals surface area contributed by atoms with Crippen LogP contribution in [-0.2, 0) is 14.8 Å². The predicted molar refractivity (Wildman–Crippen MR) is 114 cm³/mol. The first-order valence-corrected chi connectivity index (χ1v) is 11.6. The van der Waals surface area contributed by atoms with E-state index >= 15 is 0 Å². The van der Waals surface area contributed by atoms with Crippen LogP contribution in [-0.4, -0.2) is 81.0 Å². The summed E-state index contributed by atoms with van der Waals surface area (Å²) >= 11 is 0. The number of fused-ring (bicyclic) bond motifs is 1. The molecule has 1 aliphatic heterocycles. The molecule has 0 atom stereocenters. The topological polar surface area (TPSA) is 112 Å². The van der Waals surface area contributed by atoms with Gasteiger partial charge in [0.05, 0.1) is 23.7 Å². The summed E-state index contributed by atoms with van der Waals surface area (Å²) in [5.74, 6) is -0.406. The molecule has 30 heavy (non-hydrogen) atoms. The number of aromatic amines is 1. The SMILES string of the molecule is CCN(CC)S(=O)(=O)c1ccc2[nH]c(=O)cc(C(=O)NCCN3CCOCC3)c2c1. The zero-order valence-corrected chi connectivity index (χ0v) is 18.1. The van der Waals surface area contributed by atoms with E-state index in [2.05, 4.69) is 15.2 Å². The second-order valence-electron chi connectivity index (χ2n) is 7.05. The molecule has 2 N–H and O–H groups in total. The van der Waals surface area contributed by atoms with Crippen LogP contribution in [0.25, 0.3) is 10.9 Å². The number of pyridine rings is 1. The lowest BCUT2D eigenvalue weighted by molar-refractivity contribution is 0.0383. The first kappa shape index (κ1) is 22.4. The first-order chi connectivity index (χ1) is 14.4. The third-order valence-electron chi connectivity index (χ3n) is 5.22. The van der Waals surface area contributed by atoms with Crippen molar-refractivity contribution in [3.63, 3.8) is 0 Å². The maximum Gasteiger partial charge on any atom is 0.252 e. The number of benzene rings is 1. The van der Waals surface area contributed by atoms with Gasteiger partial charge in [0.25, 0.3) is 5.91 Å². The Morgan fingerprint density at radius 1 is 1.20 bits per heavy atom. The summed E-state index contributed by atoms with van der Waals surface area (Å²) in [7, 11) is -3.69. The third kappa shape index (κ3) is 4.89. The van der Waals surface area contributed by atoms with Gasteiger partial charge in [-0.2, -0.15) is 4.31 Å². The number of rotatable bonds is 8. The first-order valence-electron chi connectivity index (χ1n) is 10.1. The highest BCUT2D eigenvalue weighted by Crippen LogP contribution is 2.22. The maximum absolute atomic E-state index is 12.9. The van der Waals surface area contributed by atoms with E-state index in [-0.39, 0.29) is 10.5 Å². The smallest absolute Gasteiger partial charge is 0.252 e. The number of hydrogen-bond acceptors (Lipinski definition) is 6. The highest BCUT2D eigenvalue weighted by atomic mass is 32.2. The van der Waals surface area contributed by atoms with Gasteiger partial charge in [0, 0.05) is 56.2 Å². The zero-order chi connectivity index (χ0) is 21.7. The molecule has 3 rings (SSSR count). The minimum atomic E-state index is -3.69. The monoisotopic (exact) mass is 436 g/mol. The largest absolute Gasteiger partial charge is 0.379 e. The quantitative estimate of drug-likeness (QED) is 0.628. The molecule has 9 nitrogen and oxygen atoms in total. The van der Waals surface area contributed by atoms with Crippen LogP contribution in [0.4, 0.5) is 0 Å². The van der Waals surface area contributed by atoms with E-state index in [4.69, 9.17) is 4.74 Å². The number of sulfonamides is 1. The lowest BCUT2D eigenvalue weighted by Gasteiger charge is -2.26. The predicted octanol–water partition coefficient (Wildman–Crippen LogP) is 0.621. The van der Waals surface area contributed by atoms with Crippen LogP contribution >= 0.6 is 0 Å². The lowest BCUT2D eigenvalue weighted by Crippen LogP contribution is -2.41. The van der Waals surface area contributed by atoms with Gasteiger partial charge >= 0.3 is 0 Å². The van der Waals surface area contributed by atoms with Crippen LogP contribution in [0.15, 0.2) is 34.0 Å². The molecule has 1 saturated heterocycles. The molecule has 0 radical (unpaired) electrons. The fourth-order valence-corrected chi connectivity index (χ4v) is 5.03.